The Morgan fingerprint density at radius 2 is 1.82 bits per heavy atom. The molecule has 0 spiro atoms. The van der Waals surface area contributed by atoms with Crippen LogP contribution in [0.3, 0.4) is 0 Å². The molecule has 3 rings (SSSR count). The third-order valence-electron chi connectivity index (χ3n) is 3.76. The maximum atomic E-state index is 12.6. The highest BCUT2D eigenvalue weighted by atomic mass is 35.5. The van der Waals surface area contributed by atoms with E-state index in [9.17, 15) is 9.59 Å². The number of hydrogen-bond donors (Lipinski definition) is 0. The fourth-order valence-electron chi connectivity index (χ4n) is 2.68. The topological polar surface area (TPSA) is 60.1 Å². The lowest BCUT2D eigenvalue weighted by Gasteiger charge is -2.19. The second-order valence-electron chi connectivity index (χ2n) is 5.42. The lowest BCUT2D eigenvalue weighted by Crippen LogP contribution is -2.38. The summed E-state index contributed by atoms with van der Waals surface area (Å²) < 4.78 is 2.48. The van der Waals surface area contributed by atoms with E-state index in [4.69, 9.17) is 11.6 Å². The first-order chi connectivity index (χ1) is 10.3. The van der Waals surface area contributed by atoms with E-state index in [0.29, 0.717) is 21.6 Å². The van der Waals surface area contributed by atoms with Crippen LogP contribution in [0, 0.1) is 0 Å². The average molecular weight is 319 g/mol. The van der Waals surface area contributed by atoms with E-state index in [1.54, 1.807) is 19.2 Å². The third-order valence-corrected chi connectivity index (χ3v) is 3.99. The minimum absolute atomic E-state index is 0.353. The number of pyridine rings is 1. The molecule has 0 bridgehead atoms. The molecule has 114 valence electrons. The summed E-state index contributed by atoms with van der Waals surface area (Å²) in [6, 6.07) is 5.33. The molecule has 1 aromatic carbocycles. The van der Waals surface area contributed by atoms with E-state index in [2.05, 4.69) is 4.98 Å². The van der Waals surface area contributed by atoms with E-state index >= 15 is 0 Å². The smallest absolute Gasteiger partial charge is 0.332 e. The number of benzene rings is 1. The number of halogens is 1. The summed E-state index contributed by atoms with van der Waals surface area (Å²) >= 11 is 6.04. The van der Waals surface area contributed by atoms with Crippen LogP contribution in [-0.4, -0.2) is 28.2 Å². The molecule has 0 aliphatic rings. The zero-order chi connectivity index (χ0) is 16.2. The molecule has 0 amide bonds. The van der Waals surface area contributed by atoms with Crippen LogP contribution in [0.1, 0.15) is 0 Å². The molecule has 7 heteroatoms. The standard InChI is InChI=1S/C15H15ClN4O2/c1-18(2)12-9-6-5-8(16)7-10(9)17-13-11(12)14(21)20(4)15(22)19(13)3/h5-7H,1-4H3. The molecule has 0 fully saturated rings. The quantitative estimate of drug-likeness (QED) is 0.638. The van der Waals surface area contributed by atoms with Crippen molar-refractivity contribution in [2.24, 2.45) is 14.1 Å². The molecule has 0 saturated carbocycles. The van der Waals surface area contributed by atoms with Crippen molar-refractivity contribution in [2.45, 2.75) is 0 Å². The van der Waals surface area contributed by atoms with Gasteiger partial charge < -0.3 is 4.90 Å². The van der Waals surface area contributed by atoms with Crippen LogP contribution in [0.4, 0.5) is 5.69 Å². The first kappa shape index (κ1) is 14.6. The summed E-state index contributed by atoms with van der Waals surface area (Å²) in [7, 11) is 6.78. The van der Waals surface area contributed by atoms with Gasteiger partial charge in [-0.05, 0) is 18.2 Å². The van der Waals surface area contributed by atoms with Gasteiger partial charge in [-0.1, -0.05) is 11.6 Å². The van der Waals surface area contributed by atoms with Gasteiger partial charge in [0.2, 0.25) is 0 Å². The van der Waals surface area contributed by atoms with Crippen LogP contribution in [0.15, 0.2) is 27.8 Å². The lowest BCUT2D eigenvalue weighted by molar-refractivity contribution is 0.708. The maximum Gasteiger partial charge on any atom is 0.332 e. The SMILES string of the molecule is CN(C)c1c2ccc(Cl)cc2nc2c1c(=O)n(C)c(=O)n2C. The highest BCUT2D eigenvalue weighted by molar-refractivity contribution is 6.31. The number of hydrogen-bond acceptors (Lipinski definition) is 4. The van der Waals surface area contributed by atoms with Crippen molar-refractivity contribution in [3.8, 4) is 0 Å². The van der Waals surface area contributed by atoms with Crippen LogP contribution in [-0.2, 0) is 14.1 Å². The lowest BCUT2D eigenvalue weighted by atomic mass is 10.1. The first-order valence-electron chi connectivity index (χ1n) is 6.69. The van der Waals surface area contributed by atoms with Gasteiger partial charge in [0.1, 0.15) is 5.39 Å². The molecule has 6 nitrogen and oxygen atoms in total. The molecule has 0 N–H and O–H groups in total. The Hall–Kier alpha value is -2.34. The molecular formula is C15H15ClN4O2. The molecule has 0 unspecified atom stereocenters. The summed E-state index contributed by atoms with van der Waals surface area (Å²) in [6.07, 6.45) is 0. The summed E-state index contributed by atoms with van der Waals surface area (Å²) in [6.45, 7) is 0. The highest BCUT2D eigenvalue weighted by Crippen LogP contribution is 2.31. The van der Waals surface area contributed by atoms with Crippen molar-refractivity contribution < 1.29 is 0 Å². The molecule has 2 heterocycles. The second kappa shape index (κ2) is 4.84. The van der Waals surface area contributed by atoms with E-state index in [0.717, 1.165) is 15.6 Å². The van der Waals surface area contributed by atoms with Crippen molar-refractivity contribution in [2.75, 3.05) is 19.0 Å². The molecular weight excluding hydrogens is 304 g/mol. The minimum atomic E-state index is -0.406. The fourth-order valence-corrected chi connectivity index (χ4v) is 2.85. The van der Waals surface area contributed by atoms with Gasteiger partial charge in [0.05, 0.1) is 11.2 Å². The minimum Gasteiger partial charge on any atom is -0.376 e. The Bertz CT molecular complexity index is 1030. The van der Waals surface area contributed by atoms with E-state index in [1.165, 1.54) is 11.6 Å². The normalized spacial score (nSPS) is 11.3. The Labute approximate surface area is 131 Å². The van der Waals surface area contributed by atoms with Gasteiger partial charge in [-0.3, -0.25) is 13.9 Å². The van der Waals surface area contributed by atoms with E-state index in [-0.39, 0.29) is 5.56 Å². The average Bonchev–Trinajstić information content (AvgIpc) is 2.48. The zero-order valence-electron chi connectivity index (χ0n) is 12.7. The van der Waals surface area contributed by atoms with E-state index < -0.39 is 5.69 Å². The Kier molecular flexibility index (Phi) is 3.21. The predicted octanol–water partition coefficient (Wildman–Crippen LogP) is 1.50. The number of aromatic nitrogens is 3. The molecule has 0 saturated heterocycles. The van der Waals surface area contributed by atoms with Crippen molar-refractivity contribution in [3.05, 3.63) is 44.1 Å². The monoisotopic (exact) mass is 318 g/mol. The Balaban J connectivity index is 2.73. The second-order valence-corrected chi connectivity index (χ2v) is 5.86. The number of fused-ring (bicyclic) bond motifs is 2. The summed E-state index contributed by atoms with van der Waals surface area (Å²) in [5, 5.41) is 1.79. The summed E-state index contributed by atoms with van der Waals surface area (Å²) in [5.41, 5.74) is 0.966. The molecule has 0 atom stereocenters. The van der Waals surface area contributed by atoms with Gasteiger partial charge in [-0.25, -0.2) is 9.78 Å². The molecule has 2 aromatic heterocycles. The molecule has 3 aromatic rings. The molecule has 0 radical (unpaired) electrons. The number of rotatable bonds is 1. The van der Waals surface area contributed by atoms with Crippen LogP contribution in [0.2, 0.25) is 5.02 Å². The molecule has 0 aliphatic heterocycles. The first-order valence-corrected chi connectivity index (χ1v) is 7.07. The molecule has 22 heavy (non-hydrogen) atoms. The summed E-state index contributed by atoms with van der Waals surface area (Å²) in [4.78, 5) is 31.1. The van der Waals surface area contributed by atoms with Crippen molar-refractivity contribution in [1.82, 2.24) is 14.1 Å². The fraction of sp³-hybridized carbons (Fsp3) is 0.267. The van der Waals surface area contributed by atoms with Gasteiger partial charge >= 0.3 is 5.69 Å². The van der Waals surface area contributed by atoms with Crippen LogP contribution >= 0.6 is 11.6 Å². The predicted molar refractivity (Wildman–Crippen MR) is 89.1 cm³/mol. The summed E-state index contributed by atoms with van der Waals surface area (Å²) in [5.74, 6) is 0. The largest absolute Gasteiger partial charge is 0.376 e. The van der Waals surface area contributed by atoms with Crippen LogP contribution in [0.5, 0.6) is 0 Å². The number of nitrogens with zero attached hydrogens (tertiary/aromatic N) is 4. The van der Waals surface area contributed by atoms with Gasteiger partial charge in [-0.15, -0.1) is 0 Å². The van der Waals surface area contributed by atoms with Gasteiger partial charge in [0, 0.05) is 38.6 Å². The van der Waals surface area contributed by atoms with Gasteiger partial charge in [0.15, 0.2) is 5.65 Å². The van der Waals surface area contributed by atoms with Crippen molar-refractivity contribution in [1.29, 1.82) is 0 Å². The number of anilines is 1. The maximum absolute atomic E-state index is 12.6. The molecule has 0 aliphatic carbocycles. The van der Waals surface area contributed by atoms with Crippen molar-refractivity contribution in [3.63, 3.8) is 0 Å². The Morgan fingerprint density at radius 1 is 1.14 bits per heavy atom. The van der Waals surface area contributed by atoms with E-state index in [1.807, 2.05) is 25.1 Å². The van der Waals surface area contributed by atoms with Gasteiger partial charge in [-0.2, -0.15) is 0 Å². The van der Waals surface area contributed by atoms with Crippen LogP contribution in [0.25, 0.3) is 21.9 Å². The van der Waals surface area contributed by atoms with Gasteiger partial charge in [0.25, 0.3) is 5.56 Å². The zero-order valence-corrected chi connectivity index (χ0v) is 13.5. The highest BCUT2D eigenvalue weighted by Gasteiger charge is 2.18. The Morgan fingerprint density at radius 3 is 2.45 bits per heavy atom. The van der Waals surface area contributed by atoms with Crippen molar-refractivity contribution >= 4 is 39.2 Å². The number of aryl methyl sites for hydroxylation is 1. The van der Waals surface area contributed by atoms with Crippen LogP contribution < -0.4 is 16.1 Å². The third kappa shape index (κ3) is 1.91.